The van der Waals surface area contributed by atoms with Gasteiger partial charge in [0.2, 0.25) is 0 Å². The topological polar surface area (TPSA) is 40.5 Å². The lowest BCUT2D eigenvalue weighted by molar-refractivity contribution is 0.0985. The van der Waals surface area contributed by atoms with Crippen LogP contribution in [0, 0.1) is 5.92 Å². The summed E-state index contributed by atoms with van der Waals surface area (Å²) in [4.78, 5) is 14.5. The van der Waals surface area contributed by atoms with Gasteiger partial charge in [-0.05, 0) is 49.1 Å². The number of aromatic hydroxyl groups is 1. The molecule has 2 aromatic carbocycles. The highest BCUT2D eigenvalue weighted by Gasteiger charge is 2.28. The average molecular weight is 267 g/mol. The second-order valence-corrected chi connectivity index (χ2v) is 5.25. The summed E-state index contributed by atoms with van der Waals surface area (Å²) in [6.45, 7) is 0.749. The van der Waals surface area contributed by atoms with Crippen LogP contribution >= 0.6 is 0 Å². The molecule has 2 aromatic rings. The minimum Gasteiger partial charge on any atom is -0.508 e. The Labute approximate surface area is 118 Å². The predicted molar refractivity (Wildman–Crippen MR) is 78.9 cm³/mol. The third-order valence-electron chi connectivity index (χ3n) is 3.54. The largest absolute Gasteiger partial charge is 0.508 e. The predicted octanol–water partition coefficient (Wildman–Crippen LogP) is 3.45. The van der Waals surface area contributed by atoms with Crippen LogP contribution in [0.1, 0.15) is 23.2 Å². The van der Waals surface area contributed by atoms with Gasteiger partial charge in [-0.25, -0.2) is 0 Å². The zero-order valence-electron chi connectivity index (χ0n) is 11.2. The Morgan fingerprint density at radius 3 is 2.50 bits per heavy atom. The molecule has 0 saturated heterocycles. The molecule has 102 valence electrons. The fraction of sp³-hybridized carbons (Fsp3) is 0.235. The molecule has 20 heavy (non-hydrogen) atoms. The first-order valence-electron chi connectivity index (χ1n) is 6.90. The molecule has 0 aliphatic heterocycles. The second kappa shape index (κ2) is 5.37. The monoisotopic (exact) mass is 267 g/mol. The molecule has 1 aliphatic rings. The van der Waals surface area contributed by atoms with Gasteiger partial charge in [-0.15, -0.1) is 0 Å². The van der Waals surface area contributed by atoms with Crippen molar-refractivity contribution in [2.24, 2.45) is 5.92 Å². The summed E-state index contributed by atoms with van der Waals surface area (Å²) < 4.78 is 0. The molecule has 0 unspecified atom stereocenters. The number of carbonyl (C=O) groups excluding carboxylic acids is 1. The van der Waals surface area contributed by atoms with Crippen molar-refractivity contribution in [3.05, 3.63) is 60.2 Å². The maximum atomic E-state index is 12.7. The third-order valence-corrected chi connectivity index (χ3v) is 3.54. The van der Waals surface area contributed by atoms with Crippen molar-refractivity contribution in [2.75, 3.05) is 11.4 Å². The molecule has 1 fully saturated rings. The number of phenols is 1. The summed E-state index contributed by atoms with van der Waals surface area (Å²) in [5, 5.41) is 9.54. The Balaban J connectivity index is 1.90. The van der Waals surface area contributed by atoms with Crippen molar-refractivity contribution in [1.29, 1.82) is 0 Å². The Hall–Kier alpha value is -2.29. The first-order valence-corrected chi connectivity index (χ1v) is 6.90. The number of amides is 1. The number of benzene rings is 2. The summed E-state index contributed by atoms with van der Waals surface area (Å²) in [6.07, 6.45) is 2.38. The number of hydrogen-bond acceptors (Lipinski definition) is 2. The van der Waals surface area contributed by atoms with E-state index in [0.29, 0.717) is 11.5 Å². The van der Waals surface area contributed by atoms with Crippen LogP contribution in [0.25, 0.3) is 0 Å². The molecule has 3 heteroatoms. The van der Waals surface area contributed by atoms with E-state index in [9.17, 15) is 9.90 Å². The van der Waals surface area contributed by atoms with Crippen molar-refractivity contribution in [2.45, 2.75) is 12.8 Å². The molecule has 1 amide bonds. The van der Waals surface area contributed by atoms with E-state index in [2.05, 4.69) is 0 Å². The van der Waals surface area contributed by atoms with Gasteiger partial charge in [0.25, 0.3) is 5.91 Å². The van der Waals surface area contributed by atoms with Crippen LogP contribution in [0.15, 0.2) is 54.6 Å². The number of rotatable bonds is 4. The van der Waals surface area contributed by atoms with Gasteiger partial charge in [-0.2, -0.15) is 0 Å². The number of anilines is 1. The fourth-order valence-electron chi connectivity index (χ4n) is 2.27. The summed E-state index contributed by atoms with van der Waals surface area (Å²) in [5.74, 6) is 0.672. The summed E-state index contributed by atoms with van der Waals surface area (Å²) in [5.41, 5.74) is 1.43. The highest BCUT2D eigenvalue weighted by Crippen LogP contribution is 2.32. The maximum Gasteiger partial charge on any atom is 0.258 e. The van der Waals surface area contributed by atoms with E-state index in [1.807, 2.05) is 35.2 Å². The minimum absolute atomic E-state index is 0.0565. The Morgan fingerprint density at radius 1 is 1.10 bits per heavy atom. The first-order chi connectivity index (χ1) is 9.74. The van der Waals surface area contributed by atoms with Crippen LogP contribution in [0.4, 0.5) is 5.69 Å². The van der Waals surface area contributed by atoms with E-state index in [1.165, 1.54) is 18.9 Å². The van der Waals surface area contributed by atoms with Gasteiger partial charge in [0.15, 0.2) is 0 Å². The summed E-state index contributed by atoms with van der Waals surface area (Å²) >= 11 is 0. The number of phenolic OH excluding ortho intramolecular Hbond substituents is 1. The fourth-order valence-corrected chi connectivity index (χ4v) is 2.27. The lowest BCUT2D eigenvalue weighted by atomic mass is 10.1. The minimum atomic E-state index is -0.0565. The van der Waals surface area contributed by atoms with Crippen LogP contribution in [0.3, 0.4) is 0 Å². The Kier molecular flexibility index (Phi) is 3.42. The average Bonchev–Trinajstić information content (AvgIpc) is 3.29. The van der Waals surface area contributed by atoms with Gasteiger partial charge < -0.3 is 10.0 Å². The third kappa shape index (κ3) is 2.82. The van der Waals surface area contributed by atoms with Crippen LogP contribution in [0.2, 0.25) is 0 Å². The zero-order valence-corrected chi connectivity index (χ0v) is 11.2. The molecule has 1 N–H and O–H groups in total. The summed E-state index contributed by atoms with van der Waals surface area (Å²) in [7, 11) is 0. The molecule has 0 spiro atoms. The van der Waals surface area contributed by atoms with Gasteiger partial charge >= 0.3 is 0 Å². The summed E-state index contributed by atoms with van der Waals surface area (Å²) in [6, 6.07) is 16.2. The quantitative estimate of drug-likeness (QED) is 0.921. The van der Waals surface area contributed by atoms with Crippen LogP contribution in [0.5, 0.6) is 5.75 Å². The van der Waals surface area contributed by atoms with Crippen molar-refractivity contribution < 1.29 is 9.90 Å². The molecule has 0 heterocycles. The smallest absolute Gasteiger partial charge is 0.258 e. The van der Waals surface area contributed by atoms with E-state index in [1.54, 1.807) is 18.2 Å². The molecule has 0 atom stereocenters. The lowest BCUT2D eigenvalue weighted by Crippen LogP contribution is -2.32. The molecule has 3 nitrogen and oxygen atoms in total. The lowest BCUT2D eigenvalue weighted by Gasteiger charge is -2.23. The van der Waals surface area contributed by atoms with Crippen LogP contribution < -0.4 is 4.90 Å². The number of hydrogen-bond donors (Lipinski definition) is 1. The van der Waals surface area contributed by atoms with Crippen molar-refractivity contribution in [1.82, 2.24) is 0 Å². The molecule has 3 rings (SSSR count). The van der Waals surface area contributed by atoms with Crippen molar-refractivity contribution in [3.63, 3.8) is 0 Å². The van der Waals surface area contributed by atoms with Gasteiger partial charge in [0.05, 0.1) is 0 Å². The zero-order chi connectivity index (χ0) is 13.9. The molecule has 0 aromatic heterocycles. The molecular formula is C17H17NO2. The van der Waals surface area contributed by atoms with Gasteiger partial charge in [0, 0.05) is 17.8 Å². The Morgan fingerprint density at radius 2 is 1.85 bits per heavy atom. The van der Waals surface area contributed by atoms with Crippen molar-refractivity contribution in [3.8, 4) is 5.75 Å². The van der Waals surface area contributed by atoms with Crippen LogP contribution in [-0.2, 0) is 0 Å². The molecule has 0 radical (unpaired) electrons. The van der Waals surface area contributed by atoms with Crippen LogP contribution in [-0.4, -0.2) is 17.6 Å². The first kappa shape index (κ1) is 12.7. The molecule has 1 aliphatic carbocycles. The van der Waals surface area contributed by atoms with Gasteiger partial charge in [-0.3, -0.25) is 4.79 Å². The molecular weight excluding hydrogens is 250 g/mol. The van der Waals surface area contributed by atoms with E-state index < -0.39 is 0 Å². The maximum absolute atomic E-state index is 12.7. The number of para-hydroxylation sites is 1. The van der Waals surface area contributed by atoms with Gasteiger partial charge in [0.1, 0.15) is 5.75 Å². The van der Waals surface area contributed by atoms with E-state index >= 15 is 0 Å². The second-order valence-electron chi connectivity index (χ2n) is 5.25. The number of nitrogens with zero attached hydrogens (tertiary/aromatic N) is 1. The van der Waals surface area contributed by atoms with Crippen molar-refractivity contribution >= 4 is 11.6 Å². The highest BCUT2D eigenvalue weighted by molar-refractivity contribution is 6.06. The molecule has 1 saturated carbocycles. The molecule has 0 bridgehead atoms. The Bertz CT molecular complexity index is 605. The SMILES string of the molecule is O=C(c1cccc(O)c1)N(CC1CC1)c1ccccc1. The highest BCUT2D eigenvalue weighted by atomic mass is 16.3. The number of carbonyl (C=O) groups is 1. The normalized spacial score (nSPS) is 14.0. The standard InChI is InChI=1S/C17H17NO2/c19-16-8-4-5-14(11-16)17(20)18(12-13-9-10-13)15-6-2-1-3-7-15/h1-8,11,13,19H,9-10,12H2. The van der Waals surface area contributed by atoms with E-state index in [0.717, 1.165) is 12.2 Å². The van der Waals surface area contributed by atoms with Gasteiger partial charge in [-0.1, -0.05) is 24.3 Å². The van der Waals surface area contributed by atoms with E-state index in [-0.39, 0.29) is 11.7 Å². The van der Waals surface area contributed by atoms with E-state index in [4.69, 9.17) is 0 Å².